The molecule has 0 N–H and O–H groups in total. The van der Waals surface area contributed by atoms with E-state index in [1.165, 1.54) is 36.8 Å². The molecule has 0 saturated heterocycles. The lowest BCUT2D eigenvalue weighted by Gasteiger charge is -2.23. The standard InChI is InChI=1S/C15H20/c1-10-3-6-14(11(2)7-10)15-9-12-4-5-13(15)8-12/h3,6-7,12-13,15H,4-5,8-9H2,1-2H3/t12-,13+,15+/m0/s1. The van der Waals surface area contributed by atoms with E-state index < -0.39 is 0 Å². The number of hydrogen-bond donors (Lipinski definition) is 0. The molecule has 3 atom stereocenters. The molecule has 3 rings (SSSR count). The van der Waals surface area contributed by atoms with E-state index in [2.05, 4.69) is 32.0 Å². The van der Waals surface area contributed by atoms with Crippen LogP contribution in [-0.4, -0.2) is 0 Å². The van der Waals surface area contributed by atoms with Crippen LogP contribution in [-0.2, 0) is 0 Å². The highest BCUT2D eigenvalue weighted by atomic mass is 14.4. The van der Waals surface area contributed by atoms with Crippen LogP contribution < -0.4 is 0 Å². The highest BCUT2D eigenvalue weighted by Crippen LogP contribution is 2.53. The summed E-state index contributed by atoms with van der Waals surface area (Å²) in [4.78, 5) is 0. The summed E-state index contributed by atoms with van der Waals surface area (Å²) in [5.74, 6) is 2.96. The van der Waals surface area contributed by atoms with Crippen LogP contribution in [0.3, 0.4) is 0 Å². The van der Waals surface area contributed by atoms with Crippen molar-refractivity contribution in [2.24, 2.45) is 11.8 Å². The lowest BCUT2D eigenvalue weighted by Crippen LogP contribution is -2.09. The van der Waals surface area contributed by atoms with Crippen LogP contribution in [0, 0.1) is 25.7 Å². The SMILES string of the molecule is Cc1ccc([C@@H]2C[C@H]3CC[C@@H]2C3)c(C)c1. The Bertz CT molecular complexity index is 378. The molecule has 0 aliphatic heterocycles. The Morgan fingerprint density at radius 1 is 1.07 bits per heavy atom. The largest absolute Gasteiger partial charge is 0.0590 e. The van der Waals surface area contributed by atoms with Crippen LogP contribution in [0.1, 0.15) is 48.3 Å². The molecule has 0 aromatic heterocycles. The summed E-state index contributed by atoms with van der Waals surface area (Å²) in [6.45, 7) is 4.48. The van der Waals surface area contributed by atoms with Gasteiger partial charge in [-0.15, -0.1) is 0 Å². The van der Waals surface area contributed by atoms with Gasteiger partial charge in [0.2, 0.25) is 0 Å². The van der Waals surface area contributed by atoms with Gasteiger partial charge in [0.25, 0.3) is 0 Å². The quantitative estimate of drug-likeness (QED) is 0.637. The maximum atomic E-state index is 2.38. The minimum absolute atomic E-state index is 0.893. The molecule has 15 heavy (non-hydrogen) atoms. The first-order valence-electron chi connectivity index (χ1n) is 6.31. The van der Waals surface area contributed by atoms with Crippen molar-refractivity contribution in [3.63, 3.8) is 0 Å². The molecule has 0 unspecified atom stereocenters. The predicted molar refractivity (Wildman–Crippen MR) is 64.1 cm³/mol. The molecule has 0 nitrogen and oxygen atoms in total. The second kappa shape index (κ2) is 3.37. The highest BCUT2D eigenvalue weighted by molar-refractivity contribution is 5.34. The molecule has 2 fully saturated rings. The van der Waals surface area contributed by atoms with Gasteiger partial charge in [-0.3, -0.25) is 0 Å². The molecule has 2 aliphatic rings. The lowest BCUT2D eigenvalue weighted by atomic mass is 9.81. The van der Waals surface area contributed by atoms with Crippen LogP contribution >= 0.6 is 0 Å². The van der Waals surface area contributed by atoms with Crippen LogP contribution in [0.15, 0.2) is 18.2 Å². The molecule has 1 aromatic carbocycles. The first-order chi connectivity index (χ1) is 7.24. The van der Waals surface area contributed by atoms with Gasteiger partial charge in [-0.1, -0.05) is 30.2 Å². The second-order valence-electron chi connectivity index (χ2n) is 5.64. The Kier molecular flexibility index (Phi) is 2.12. The van der Waals surface area contributed by atoms with Crippen LogP contribution in [0.5, 0.6) is 0 Å². The van der Waals surface area contributed by atoms with Gasteiger partial charge in [-0.25, -0.2) is 0 Å². The minimum Gasteiger partial charge on any atom is -0.0590 e. The summed E-state index contributed by atoms with van der Waals surface area (Å²) in [6.07, 6.45) is 5.97. The summed E-state index contributed by atoms with van der Waals surface area (Å²) in [7, 11) is 0. The van der Waals surface area contributed by atoms with Crippen LogP contribution in [0.2, 0.25) is 0 Å². The number of aryl methyl sites for hydroxylation is 2. The number of hydrogen-bond acceptors (Lipinski definition) is 0. The van der Waals surface area contributed by atoms with Gasteiger partial charge in [0.1, 0.15) is 0 Å². The fraction of sp³-hybridized carbons (Fsp3) is 0.600. The van der Waals surface area contributed by atoms with Crippen molar-refractivity contribution in [2.75, 3.05) is 0 Å². The number of benzene rings is 1. The summed E-state index contributed by atoms with van der Waals surface area (Å²) in [5, 5.41) is 0. The van der Waals surface area contributed by atoms with Gasteiger partial charge in [-0.05, 0) is 62.0 Å². The monoisotopic (exact) mass is 200 g/mol. The van der Waals surface area contributed by atoms with E-state index >= 15 is 0 Å². The number of fused-ring (bicyclic) bond motifs is 2. The second-order valence-corrected chi connectivity index (χ2v) is 5.64. The van der Waals surface area contributed by atoms with Gasteiger partial charge >= 0.3 is 0 Å². The van der Waals surface area contributed by atoms with Crippen molar-refractivity contribution in [1.29, 1.82) is 0 Å². The third kappa shape index (κ3) is 1.51. The van der Waals surface area contributed by atoms with Crippen molar-refractivity contribution in [3.8, 4) is 0 Å². The van der Waals surface area contributed by atoms with E-state index in [1.807, 2.05) is 0 Å². The molecule has 0 spiro atoms. The summed E-state index contributed by atoms with van der Waals surface area (Å²) in [5.41, 5.74) is 4.57. The zero-order valence-electron chi connectivity index (χ0n) is 9.79. The fourth-order valence-electron chi connectivity index (χ4n) is 3.87. The molecule has 2 saturated carbocycles. The lowest BCUT2D eigenvalue weighted by molar-refractivity contribution is 0.419. The van der Waals surface area contributed by atoms with E-state index in [0.717, 1.165) is 17.8 Å². The van der Waals surface area contributed by atoms with Gasteiger partial charge in [0.15, 0.2) is 0 Å². The van der Waals surface area contributed by atoms with E-state index in [9.17, 15) is 0 Å². The first-order valence-corrected chi connectivity index (χ1v) is 6.31. The van der Waals surface area contributed by atoms with Gasteiger partial charge in [0.05, 0.1) is 0 Å². The smallest absolute Gasteiger partial charge is 0.0128 e. The Balaban J connectivity index is 1.93. The molecule has 0 radical (unpaired) electrons. The van der Waals surface area contributed by atoms with Crippen molar-refractivity contribution in [3.05, 3.63) is 34.9 Å². The summed E-state index contributed by atoms with van der Waals surface area (Å²) >= 11 is 0. The minimum atomic E-state index is 0.893. The van der Waals surface area contributed by atoms with Crippen molar-refractivity contribution < 1.29 is 0 Å². The summed E-state index contributed by atoms with van der Waals surface area (Å²) < 4.78 is 0. The topological polar surface area (TPSA) is 0 Å². The molecule has 80 valence electrons. The Hall–Kier alpha value is -0.780. The molecule has 0 heterocycles. The zero-order chi connectivity index (χ0) is 10.4. The van der Waals surface area contributed by atoms with E-state index in [1.54, 1.807) is 5.56 Å². The molecule has 1 aromatic rings. The van der Waals surface area contributed by atoms with E-state index in [0.29, 0.717) is 0 Å². The molecule has 0 heteroatoms. The van der Waals surface area contributed by atoms with Gasteiger partial charge in [-0.2, -0.15) is 0 Å². The van der Waals surface area contributed by atoms with Gasteiger partial charge in [0, 0.05) is 0 Å². The maximum absolute atomic E-state index is 2.38. The van der Waals surface area contributed by atoms with Crippen molar-refractivity contribution >= 4 is 0 Å². The normalized spacial score (nSPS) is 33.6. The predicted octanol–water partition coefficient (Wildman–Crippen LogP) is 4.21. The third-order valence-electron chi connectivity index (χ3n) is 4.56. The third-order valence-corrected chi connectivity index (χ3v) is 4.56. The molecular weight excluding hydrogens is 180 g/mol. The van der Waals surface area contributed by atoms with E-state index in [4.69, 9.17) is 0 Å². The van der Waals surface area contributed by atoms with Crippen LogP contribution in [0.4, 0.5) is 0 Å². The molecule has 2 bridgehead atoms. The average Bonchev–Trinajstić information content (AvgIpc) is 2.78. The van der Waals surface area contributed by atoms with Crippen molar-refractivity contribution in [2.45, 2.75) is 45.4 Å². The number of rotatable bonds is 1. The molecule has 0 amide bonds. The fourth-order valence-corrected chi connectivity index (χ4v) is 3.87. The zero-order valence-corrected chi connectivity index (χ0v) is 9.79. The average molecular weight is 200 g/mol. The van der Waals surface area contributed by atoms with Crippen molar-refractivity contribution in [1.82, 2.24) is 0 Å². The van der Waals surface area contributed by atoms with E-state index in [-0.39, 0.29) is 0 Å². The molecular formula is C15H20. The van der Waals surface area contributed by atoms with Crippen LogP contribution in [0.25, 0.3) is 0 Å². The Labute approximate surface area is 92.7 Å². The maximum Gasteiger partial charge on any atom is -0.0128 e. The Morgan fingerprint density at radius 2 is 1.93 bits per heavy atom. The highest BCUT2D eigenvalue weighted by Gasteiger charge is 2.40. The van der Waals surface area contributed by atoms with Gasteiger partial charge < -0.3 is 0 Å². The Morgan fingerprint density at radius 3 is 2.53 bits per heavy atom. The molecule has 2 aliphatic carbocycles. The summed E-state index contributed by atoms with van der Waals surface area (Å²) in [6, 6.07) is 7.02. The first kappa shape index (κ1) is 9.45.